The average Bonchev–Trinajstić information content (AvgIpc) is 2.71. The van der Waals surface area contributed by atoms with Crippen molar-refractivity contribution in [1.82, 2.24) is 4.98 Å². The molecule has 0 saturated carbocycles. The molecule has 2 aromatic rings. The number of Topliss-reactive ketones (excluding diaryl/α,β-unsaturated/α-hetero) is 1. The van der Waals surface area contributed by atoms with Crippen LogP contribution in [0.1, 0.15) is 16.1 Å². The summed E-state index contributed by atoms with van der Waals surface area (Å²) in [5.41, 5.74) is 0.368. The van der Waals surface area contributed by atoms with E-state index < -0.39 is 17.5 Å². The minimum absolute atomic E-state index is 0.00210. The minimum Gasteiger partial charge on any atom is -0.296 e. The second-order valence-corrected chi connectivity index (χ2v) is 5.76. The molecule has 4 nitrogen and oxygen atoms in total. The molecule has 0 N–H and O–H groups in total. The van der Waals surface area contributed by atoms with E-state index in [2.05, 4.69) is 20.9 Å². The second kappa shape index (κ2) is 5.20. The number of amides is 1. The lowest BCUT2D eigenvalue weighted by Crippen LogP contribution is -2.29. The van der Waals surface area contributed by atoms with Crippen molar-refractivity contribution in [3.05, 3.63) is 57.0 Å². The van der Waals surface area contributed by atoms with Gasteiger partial charge in [-0.3, -0.25) is 19.5 Å². The van der Waals surface area contributed by atoms with Crippen molar-refractivity contribution in [2.45, 2.75) is 6.54 Å². The highest BCUT2D eigenvalue weighted by atomic mass is 79.9. The van der Waals surface area contributed by atoms with Gasteiger partial charge >= 0.3 is 0 Å². The van der Waals surface area contributed by atoms with Crippen LogP contribution in [0, 0.1) is 5.82 Å². The molecule has 0 spiro atoms. The number of ketones is 1. The van der Waals surface area contributed by atoms with Crippen molar-refractivity contribution in [3.63, 3.8) is 0 Å². The maximum Gasteiger partial charge on any atom is 0.299 e. The summed E-state index contributed by atoms with van der Waals surface area (Å²) in [6.07, 6.45) is 1.56. The lowest BCUT2D eigenvalue weighted by molar-refractivity contribution is -0.114. The third kappa shape index (κ3) is 2.34. The number of carbonyl (C=O) groups excluding carboxylic acids is 2. The predicted molar refractivity (Wildman–Crippen MR) is 78.9 cm³/mol. The molecule has 0 fully saturated rings. The Kier molecular flexibility index (Phi) is 3.51. The quantitative estimate of drug-likeness (QED) is 0.763. The summed E-state index contributed by atoms with van der Waals surface area (Å²) in [5, 5.41) is 0.0658. The zero-order chi connectivity index (χ0) is 15.1. The summed E-state index contributed by atoms with van der Waals surface area (Å²) < 4.78 is 14.8. The molecule has 7 heteroatoms. The average molecular weight is 370 g/mol. The molecule has 0 radical (unpaired) electrons. The first kappa shape index (κ1) is 14.2. The lowest BCUT2D eigenvalue weighted by atomic mass is 10.1. The number of anilines is 1. The van der Waals surface area contributed by atoms with Gasteiger partial charge in [-0.15, -0.1) is 0 Å². The molecule has 2 heterocycles. The summed E-state index contributed by atoms with van der Waals surface area (Å²) in [6.45, 7) is 0.00210. The number of halogens is 3. The van der Waals surface area contributed by atoms with E-state index in [4.69, 9.17) is 11.6 Å². The smallest absolute Gasteiger partial charge is 0.296 e. The van der Waals surface area contributed by atoms with E-state index in [-0.39, 0.29) is 22.8 Å². The fraction of sp³-hybridized carbons (Fsp3) is 0.0714. The fourth-order valence-electron chi connectivity index (χ4n) is 2.16. The Morgan fingerprint density at radius 1 is 1.24 bits per heavy atom. The highest BCUT2D eigenvalue weighted by molar-refractivity contribution is 9.10. The molecule has 0 atom stereocenters. The van der Waals surface area contributed by atoms with Crippen LogP contribution in [0.5, 0.6) is 0 Å². The van der Waals surface area contributed by atoms with Crippen molar-refractivity contribution in [1.29, 1.82) is 0 Å². The fourth-order valence-corrected chi connectivity index (χ4v) is 2.64. The third-order valence-corrected chi connectivity index (χ3v) is 3.91. The molecule has 1 amide bonds. The molecule has 1 aromatic heterocycles. The molecular formula is C14H7BrClFN2O2. The first-order chi connectivity index (χ1) is 9.99. The normalized spacial score (nSPS) is 13.8. The lowest BCUT2D eigenvalue weighted by Gasteiger charge is -2.16. The molecule has 1 aliphatic heterocycles. The first-order valence-corrected chi connectivity index (χ1v) is 7.11. The van der Waals surface area contributed by atoms with Gasteiger partial charge in [0.05, 0.1) is 28.5 Å². The van der Waals surface area contributed by atoms with Crippen LogP contribution in [0.3, 0.4) is 0 Å². The highest BCUT2D eigenvalue weighted by Crippen LogP contribution is 2.37. The number of hydrogen-bond donors (Lipinski definition) is 0. The first-order valence-electron chi connectivity index (χ1n) is 5.93. The molecule has 0 aliphatic carbocycles. The van der Waals surface area contributed by atoms with Crippen LogP contribution in [-0.2, 0) is 11.3 Å². The number of carbonyl (C=O) groups is 2. The zero-order valence-corrected chi connectivity index (χ0v) is 12.8. The number of nitrogens with zero attached hydrogens (tertiary/aromatic N) is 2. The van der Waals surface area contributed by atoms with E-state index in [0.29, 0.717) is 5.69 Å². The van der Waals surface area contributed by atoms with Crippen molar-refractivity contribution >= 4 is 44.9 Å². The number of rotatable bonds is 2. The van der Waals surface area contributed by atoms with Gasteiger partial charge in [0.2, 0.25) is 0 Å². The molecule has 0 saturated heterocycles. The maximum absolute atomic E-state index is 14.0. The third-order valence-electron chi connectivity index (χ3n) is 3.12. The van der Waals surface area contributed by atoms with Crippen LogP contribution >= 0.6 is 27.5 Å². The maximum atomic E-state index is 14.0. The highest BCUT2D eigenvalue weighted by Gasteiger charge is 2.40. The number of fused-ring (bicyclic) bond motifs is 1. The molecule has 21 heavy (non-hydrogen) atoms. The van der Waals surface area contributed by atoms with Gasteiger partial charge in [0.25, 0.3) is 11.7 Å². The van der Waals surface area contributed by atoms with Crippen molar-refractivity contribution in [2.24, 2.45) is 0 Å². The Balaban J connectivity index is 2.05. The number of benzene rings is 1. The van der Waals surface area contributed by atoms with Crippen LogP contribution in [0.15, 0.2) is 34.9 Å². The summed E-state index contributed by atoms with van der Waals surface area (Å²) >= 11 is 9.15. The molecule has 106 valence electrons. The monoisotopic (exact) mass is 368 g/mol. The van der Waals surface area contributed by atoms with Crippen LogP contribution in [0.2, 0.25) is 5.02 Å². The van der Waals surface area contributed by atoms with Crippen LogP contribution in [-0.4, -0.2) is 16.7 Å². The van der Waals surface area contributed by atoms with E-state index in [1.165, 1.54) is 6.07 Å². The summed E-state index contributed by atoms with van der Waals surface area (Å²) in [4.78, 5) is 29.2. The second-order valence-electron chi connectivity index (χ2n) is 4.44. The van der Waals surface area contributed by atoms with Gasteiger partial charge in [-0.2, -0.15) is 0 Å². The largest absolute Gasteiger partial charge is 0.299 e. The number of hydrogen-bond acceptors (Lipinski definition) is 3. The van der Waals surface area contributed by atoms with Gasteiger partial charge < -0.3 is 0 Å². The van der Waals surface area contributed by atoms with E-state index >= 15 is 0 Å². The predicted octanol–water partition coefficient (Wildman–Crippen LogP) is 3.37. The van der Waals surface area contributed by atoms with E-state index in [0.717, 1.165) is 15.4 Å². The summed E-state index contributed by atoms with van der Waals surface area (Å²) in [5.74, 6) is -2.26. The number of aromatic nitrogens is 1. The Labute approximate surface area is 132 Å². The molecular weight excluding hydrogens is 363 g/mol. The topological polar surface area (TPSA) is 50.3 Å². The van der Waals surface area contributed by atoms with Crippen LogP contribution in [0.4, 0.5) is 10.1 Å². The van der Waals surface area contributed by atoms with Crippen LogP contribution < -0.4 is 4.90 Å². The Morgan fingerprint density at radius 3 is 2.67 bits per heavy atom. The van der Waals surface area contributed by atoms with Gasteiger partial charge in [0.15, 0.2) is 0 Å². The van der Waals surface area contributed by atoms with Crippen molar-refractivity contribution in [3.8, 4) is 0 Å². The summed E-state index contributed by atoms with van der Waals surface area (Å²) in [6, 6.07) is 5.83. The Hall–Kier alpha value is -1.79. The molecule has 1 aromatic carbocycles. The van der Waals surface area contributed by atoms with Gasteiger partial charge in [-0.1, -0.05) is 11.6 Å². The molecule has 0 bridgehead atoms. The SMILES string of the molecule is O=C1C(=O)N(Cc2ccc(Br)cn2)c2c(F)ccc(Cl)c21. The Bertz CT molecular complexity index is 764. The molecule has 3 rings (SSSR count). The Morgan fingerprint density at radius 2 is 2.00 bits per heavy atom. The summed E-state index contributed by atoms with van der Waals surface area (Å²) in [7, 11) is 0. The van der Waals surface area contributed by atoms with E-state index in [1.807, 2.05) is 0 Å². The standard InChI is InChI=1S/C14H7BrClFN2O2/c15-7-1-2-8(18-5-7)6-19-12-10(17)4-3-9(16)11(12)13(20)14(19)21/h1-5H,6H2. The molecule has 0 unspecified atom stereocenters. The van der Waals surface area contributed by atoms with E-state index in [1.54, 1.807) is 18.3 Å². The molecule has 1 aliphatic rings. The van der Waals surface area contributed by atoms with Gasteiger partial charge in [-0.05, 0) is 40.2 Å². The zero-order valence-electron chi connectivity index (χ0n) is 10.4. The minimum atomic E-state index is -0.804. The van der Waals surface area contributed by atoms with Gasteiger partial charge in [0, 0.05) is 10.7 Å². The van der Waals surface area contributed by atoms with Crippen molar-refractivity contribution in [2.75, 3.05) is 4.90 Å². The van der Waals surface area contributed by atoms with Gasteiger partial charge in [-0.25, -0.2) is 4.39 Å². The number of pyridine rings is 1. The van der Waals surface area contributed by atoms with Crippen molar-refractivity contribution < 1.29 is 14.0 Å². The van der Waals surface area contributed by atoms with E-state index in [9.17, 15) is 14.0 Å². The van der Waals surface area contributed by atoms with Gasteiger partial charge in [0.1, 0.15) is 5.82 Å². The van der Waals surface area contributed by atoms with Crippen LogP contribution in [0.25, 0.3) is 0 Å².